The van der Waals surface area contributed by atoms with Crippen molar-refractivity contribution in [3.63, 3.8) is 0 Å². The van der Waals surface area contributed by atoms with Gasteiger partial charge in [-0.1, -0.05) is 31.2 Å². The van der Waals surface area contributed by atoms with Gasteiger partial charge in [-0.25, -0.2) is 4.39 Å². The van der Waals surface area contributed by atoms with Gasteiger partial charge in [0.25, 0.3) is 5.91 Å². The summed E-state index contributed by atoms with van der Waals surface area (Å²) in [6.45, 7) is 3.88. The third-order valence-electron chi connectivity index (χ3n) is 4.25. The number of hydrogen-bond acceptors (Lipinski definition) is 2. The van der Waals surface area contributed by atoms with Gasteiger partial charge in [-0.2, -0.15) is 0 Å². The number of carbonyl (C=O) groups excluding carboxylic acids is 1. The van der Waals surface area contributed by atoms with Crippen molar-refractivity contribution in [3.8, 4) is 11.1 Å². The van der Waals surface area contributed by atoms with E-state index in [2.05, 4.69) is 6.92 Å². The zero-order valence-electron chi connectivity index (χ0n) is 13.2. The average molecular weight is 313 g/mol. The van der Waals surface area contributed by atoms with Crippen LogP contribution in [0.15, 0.2) is 48.5 Å². The van der Waals surface area contributed by atoms with Crippen molar-refractivity contribution >= 4 is 5.91 Å². The lowest BCUT2D eigenvalue weighted by molar-refractivity contribution is -0.00279. The fourth-order valence-electron chi connectivity index (χ4n) is 2.90. The molecule has 1 saturated heterocycles. The average Bonchev–Trinajstić information content (AvgIpc) is 2.61. The van der Waals surface area contributed by atoms with E-state index in [0.717, 1.165) is 17.5 Å². The van der Waals surface area contributed by atoms with Crippen LogP contribution in [0.25, 0.3) is 11.1 Å². The summed E-state index contributed by atoms with van der Waals surface area (Å²) in [5, 5.41) is 0. The number of ether oxygens (including phenoxy) is 1. The van der Waals surface area contributed by atoms with Crippen LogP contribution in [-0.4, -0.2) is 36.6 Å². The van der Waals surface area contributed by atoms with Crippen molar-refractivity contribution in [2.75, 3.05) is 19.8 Å². The van der Waals surface area contributed by atoms with Crippen molar-refractivity contribution in [1.29, 1.82) is 0 Å². The number of amides is 1. The molecule has 0 spiro atoms. The van der Waals surface area contributed by atoms with E-state index in [1.54, 1.807) is 6.07 Å². The van der Waals surface area contributed by atoms with Crippen LogP contribution in [0.5, 0.6) is 0 Å². The summed E-state index contributed by atoms with van der Waals surface area (Å²) in [5.41, 5.74) is 2.36. The van der Waals surface area contributed by atoms with Crippen molar-refractivity contribution in [2.24, 2.45) is 0 Å². The number of nitrogens with zero attached hydrogens (tertiary/aromatic N) is 1. The monoisotopic (exact) mass is 313 g/mol. The summed E-state index contributed by atoms with van der Waals surface area (Å²) in [6, 6.07) is 13.9. The van der Waals surface area contributed by atoms with Gasteiger partial charge in [0, 0.05) is 12.1 Å². The van der Waals surface area contributed by atoms with Gasteiger partial charge in [0.2, 0.25) is 0 Å². The molecule has 0 bridgehead atoms. The summed E-state index contributed by atoms with van der Waals surface area (Å²) in [4.78, 5) is 14.6. The third-order valence-corrected chi connectivity index (χ3v) is 4.25. The van der Waals surface area contributed by atoms with Crippen molar-refractivity contribution in [3.05, 3.63) is 59.9 Å². The van der Waals surface area contributed by atoms with Crippen molar-refractivity contribution in [2.45, 2.75) is 19.4 Å². The maximum Gasteiger partial charge on any atom is 0.254 e. The molecule has 0 aliphatic carbocycles. The molecule has 1 heterocycles. The zero-order chi connectivity index (χ0) is 16.2. The molecule has 4 heteroatoms. The summed E-state index contributed by atoms with van der Waals surface area (Å²) in [5.74, 6) is -0.229. The Hall–Kier alpha value is -2.20. The summed E-state index contributed by atoms with van der Waals surface area (Å²) in [6.07, 6.45) is 0.882. The van der Waals surface area contributed by atoms with E-state index in [4.69, 9.17) is 4.74 Å². The number of halogens is 1. The first-order valence-corrected chi connectivity index (χ1v) is 7.93. The van der Waals surface area contributed by atoms with Gasteiger partial charge in [0.15, 0.2) is 0 Å². The summed E-state index contributed by atoms with van der Waals surface area (Å²) >= 11 is 0. The van der Waals surface area contributed by atoms with Crippen LogP contribution in [0.4, 0.5) is 4.39 Å². The number of carbonyl (C=O) groups is 1. The molecule has 3 rings (SSSR count). The van der Waals surface area contributed by atoms with E-state index >= 15 is 0 Å². The van der Waals surface area contributed by atoms with Crippen LogP contribution in [0.2, 0.25) is 0 Å². The lowest BCUT2D eigenvalue weighted by Gasteiger charge is -2.35. The highest BCUT2D eigenvalue weighted by atomic mass is 19.1. The van der Waals surface area contributed by atoms with Crippen LogP contribution in [0.1, 0.15) is 23.7 Å². The molecule has 23 heavy (non-hydrogen) atoms. The Kier molecular flexibility index (Phi) is 4.72. The fourth-order valence-corrected chi connectivity index (χ4v) is 2.90. The second-order valence-corrected chi connectivity index (χ2v) is 5.72. The molecular formula is C19H20FNO2. The SMILES string of the molecule is CCC1COCCN1C(=O)c1ccc(-c2cccc(F)c2)cc1. The predicted molar refractivity (Wildman–Crippen MR) is 87.8 cm³/mol. The maximum atomic E-state index is 13.3. The number of rotatable bonds is 3. The Morgan fingerprint density at radius 3 is 2.70 bits per heavy atom. The normalized spacial score (nSPS) is 18.0. The topological polar surface area (TPSA) is 29.5 Å². The lowest BCUT2D eigenvalue weighted by Crippen LogP contribution is -2.48. The number of hydrogen-bond donors (Lipinski definition) is 0. The lowest BCUT2D eigenvalue weighted by atomic mass is 10.0. The van der Waals surface area contributed by atoms with Gasteiger partial charge < -0.3 is 9.64 Å². The molecule has 1 aliphatic rings. The first-order valence-electron chi connectivity index (χ1n) is 7.93. The van der Waals surface area contributed by atoms with Crippen LogP contribution in [-0.2, 0) is 4.74 Å². The Bertz CT molecular complexity index is 684. The van der Waals surface area contributed by atoms with Gasteiger partial charge in [-0.3, -0.25) is 4.79 Å². The molecule has 2 aromatic rings. The number of benzene rings is 2. The second-order valence-electron chi connectivity index (χ2n) is 5.72. The predicted octanol–water partition coefficient (Wildman–Crippen LogP) is 3.74. The molecular weight excluding hydrogens is 293 g/mol. The minimum Gasteiger partial charge on any atom is -0.377 e. The largest absolute Gasteiger partial charge is 0.377 e. The highest BCUT2D eigenvalue weighted by Gasteiger charge is 2.26. The molecule has 120 valence electrons. The molecule has 1 unspecified atom stereocenters. The molecule has 1 amide bonds. The zero-order valence-corrected chi connectivity index (χ0v) is 13.2. The van der Waals surface area contributed by atoms with E-state index in [1.807, 2.05) is 35.2 Å². The minimum atomic E-state index is -0.262. The summed E-state index contributed by atoms with van der Waals surface area (Å²) < 4.78 is 18.8. The van der Waals surface area contributed by atoms with E-state index in [-0.39, 0.29) is 17.8 Å². The molecule has 0 aromatic heterocycles. The van der Waals surface area contributed by atoms with Crippen LogP contribution in [0.3, 0.4) is 0 Å². The first-order chi connectivity index (χ1) is 11.2. The standard InChI is InChI=1S/C19H20FNO2/c1-2-18-13-23-11-10-21(18)19(22)15-8-6-14(7-9-15)16-4-3-5-17(20)12-16/h3-9,12,18H,2,10-11,13H2,1H3. The smallest absolute Gasteiger partial charge is 0.254 e. The molecule has 3 nitrogen and oxygen atoms in total. The Labute approximate surface area is 135 Å². The molecule has 1 atom stereocenters. The molecule has 0 saturated carbocycles. The van der Waals surface area contributed by atoms with Crippen LogP contribution >= 0.6 is 0 Å². The Morgan fingerprint density at radius 2 is 2.00 bits per heavy atom. The maximum absolute atomic E-state index is 13.3. The van der Waals surface area contributed by atoms with Crippen LogP contribution in [0, 0.1) is 5.82 Å². The quantitative estimate of drug-likeness (QED) is 0.864. The fraction of sp³-hybridized carbons (Fsp3) is 0.316. The molecule has 0 radical (unpaired) electrons. The van der Waals surface area contributed by atoms with E-state index in [9.17, 15) is 9.18 Å². The highest BCUT2D eigenvalue weighted by Crippen LogP contribution is 2.22. The van der Waals surface area contributed by atoms with Gasteiger partial charge in [0.1, 0.15) is 5.82 Å². The molecule has 2 aromatic carbocycles. The highest BCUT2D eigenvalue weighted by molar-refractivity contribution is 5.95. The van der Waals surface area contributed by atoms with Gasteiger partial charge >= 0.3 is 0 Å². The van der Waals surface area contributed by atoms with Gasteiger partial charge in [0.05, 0.1) is 19.3 Å². The van der Waals surface area contributed by atoms with E-state index in [1.165, 1.54) is 12.1 Å². The Morgan fingerprint density at radius 1 is 1.22 bits per heavy atom. The minimum absolute atomic E-state index is 0.0333. The molecule has 1 aliphatic heterocycles. The van der Waals surface area contributed by atoms with Crippen molar-refractivity contribution in [1.82, 2.24) is 4.90 Å². The van der Waals surface area contributed by atoms with Gasteiger partial charge in [-0.15, -0.1) is 0 Å². The van der Waals surface area contributed by atoms with E-state index in [0.29, 0.717) is 25.3 Å². The van der Waals surface area contributed by atoms with Crippen molar-refractivity contribution < 1.29 is 13.9 Å². The number of morpholine rings is 1. The molecule has 1 fully saturated rings. The van der Waals surface area contributed by atoms with Gasteiger partial charge in [-0.05, 0) is 41.8 Å². The molecule has 0 N–H and O–H groups in total. The third kappa shape index (κ3) is 3.42. The first kappa shape index (κ1) is 15.7. The van der Waals surface area contributed by atoms with Crippen LogP contribution < -0.4 is 0 Å². The Balaban J connectivity index is 1.80. The summed E-state index contributed by atoms with van der Waals surface area (Å²) in [7, 11) is 0. The van der Waals surface area contributed by atoms with E-state index < -0.39 is 0 Å². The second kappa shape index (κ2) is 6.92.